The van der Waals surface area contributed by atoms with Crippen LogP contribution in [0.5, 0.6) is 5.75 Å². The number of hydrogen-bond donors (Lipinski definition) is 1. The van der Waals surface area contributed by atoms with Gasteiger partial charge in [0.05, 0.1) is 13.1 Å². The van der Waals surface area contributed by atoms with Crippen LogP contribution in [0, 0.1) is 0 Å². The van der Waals surface area contributed by atoms with E-state index in [0.717, 1.165) is 45.0 Å². The Bertz CT molecular complexity index is 591. The van der Waals surface area contributed by atoms with Crippen LogP contribution in [0.25, 0.3) is 0 Å². The maximum atomic E-state index is 5.75. The number of benzene rings is 1. The molecule has 0 atom stereocenters. The summed E-state index contributed by atoms with van der Waals surface area (Å²) in [6.07, 6.45) is 0. The highest BCUT2D eigenvalue weighted by atomic mass is 35.5. The number of nitrogens with zero attached hydrogens (tertiary/aromatic N) is 4. The molecule has 0 spiro atoms. The van der Waals surface area contributed by atoms with Gasteiger partial charge in [0.15, 0.2) is 5.82 Å². The van der Waals surface area contributed by atoms with E-state index in [1.54, 1.807) is 0 Å². The fourth-order valence-electron chi connectivity index (χ4n) is 2.62. The Kier molecular flexibility index (Phi) is 9.77. The molecule has 0 saturated carbocycles. The molecule has 7 nitrogen and oxygen atoms in total. The monoisotopic (exact) mass is 389 g/mol. The number of ether oxygens (including phenoxy) is 1. The Morgan fingerprint density at radius 2 is 1.72 bits per heavy atom. The number of rotatable bonds is 7. The molecule has 9 heteroatoms. The number of halogens is 2. The summed E-state index contributed by atoms with van der Waals surface area (Å²) in [6.45, 7) is 6.73. The number of aromatic nitrogens is 2. The fourth-order valence-corrected chi connectivity index (χ4v) is 2.62. The maximum absolute atomic E-state index is 5.75. The zero-order valence-corrected chi connectivity index (χ0v) is 15.7. The van der Waals surface area contributed by atoms with Crippen LogP contribution in [-0.4, -0.2) is 59.3 Å². The van der Waals surface area contributed by atoms with Gasteiger partial charge in [-0.15, -0.1) is 24.8 Å². The van der Waals surface area contributed by atoms with Crippen molar-refractivity contribution in [2.24, 2.45) is 5.73 Å². The third-order valence-corrected chi connectivity index (χ3v) is 3.93. The highest BCUT2D eigenvalue weighted by molar-refractivity contribution is 5.85. The zero-order valence-electron chi connectivity index (χ0n) is 14.0. The summed E-state index contributed by atoms with van der Waals surface area (Å²) in [5.74, 6) is 2.14. The lowest BCUT2D eigenvalue weighted by Crippen LogP contribution is -2.47. The predicted octanol–water partition coefficient (Wildman–Crippen LogP) is 1.57. The van der Waals surface area contributed by atoms with Gasteiger partial charge in [-0.1, -0.05) is 23.4 Å². The lowest BCUT2D eigenvalue weighted by atomic mass is 10.3. The summed E-state index contributed by atoms with van der Waals surface area (Å²) >= 11 is 0. The first-order valence-corrected chi connectivity index (χ1v) is 7.97. The third kappa shape index (κ3) is 6.80. The molecule has 0 unspecified atom stereocenters. The van der Waals surface area contributed by atoms with Crippen molar-refractivity contribution >= 4 is 24.8 Å². The standard InChI is InChI=1S/C16H23N5O2.2ClH/c17-12-16-18-15(19-23-16)13-21-8-6-20(7-9-21)10-11-22-14-4-2-1-3-5-14;;/h1-5H,6-13,17H2;2*1H. The molecular formula is C16H25Cl2N5O2. The lowest BCUT2D eigenvalue weighted by molar-refractivity contribution is 0.110. The molecule has 140 valence electrons. The smallest absolute Gasteiger partial charge is 0.240 e. The van der Waals surface area contributed by atoms with Gasteiger partial charge in [0.25, 0.3) is 0 Å². The average molecular weight is 390 g/mol. The Morgan fingerprint density at radius 1 is 1.04 bits per heavy atom. The van der Waals surface area contributed by atoms with Crippen molar-refractivity contribution in [1.29, 1.82) is 0 Å². The molecule has 1 aromatic heterocycles. The van der Waals surface area contributed by atoms with Crippen LogP contribution in [-0.2, 0) is 13.1 Å². The maximum Gasteiger partial charge on any atom is 0.240 e. The second-order valence-corrected chi connectivity index (χ2v) is 5.59. The van der Waals surface area contributed by atoms with Crippen LogP contribution in [0.3, 0.4) is 0 Å². The predicted molar refractivity (Wildman–Crippen MR) is 100 cm³/mol. The Morgan fingerprint density at radius 3 is 2.36 bits per heavy atom. The zero-order chi connectivity index (χ0) is 15.9. The van der Waals surface area contributed by atoms with Crippen LogP contribution in [0.4, 0.5) is 0 Å². The molecule has 2 heterocycles. The van der Waals surface area contributed by atoms with Crippen LogP contribution in [0.1, 0.15) is 11.7 Å². The highest BCUT2D eigenvalue weighted by Crippen LogP contribution is 2.09. The van der Waals surface area contributed by atoms with Gasteiger partial charge in [-0.05, 0) is 12.1 Å². The van der Waals surface area contributed by atoms with Crippen molar-refractivity contribution in [2.75, 3.05) is 39.3 Å². The molecule has 0 amide bonds. The SMILES string of the molecule is Cl.Cl.NCc1nc(CN2CCN(CCOc3ccccc3)CC2)no1. The van der Waals surface area contributed by atoms with Gasteiger partial charge in [0.2, 0.25) is 5.89 Å². The van der Waals surface area contributed by atoms with Crippen molar-refractivity contribution in [3.05, 3.63) is 42.0 Å². The van der Waals surface area contributed by atoms with E-state index in [4.69, 9.17) is 15.0 Å². The summed E-state index contributed by atoms with van der Waals surface area (Å²) in [6, 6.07) is 9.94. The van der Waals surface area contributed by atoms with E-state index >= 15 is 0 Å². The molecular weight excluding hydrogens is 365 g/mol. The minimum Gasteiger partial charge on any atom is -0.492 e. The van der Waals surface area contributed by atoms with E-state index in [0.29, 0.717) is 24.9 Å². The van der Waals surface area contributed by atoms with Crippen molar-refractivity contribution in [2.45, 2.75) is 13.1 Å². The molecule has 0 radical (unpaired) electrons. The summed E-state index contributed by atoms with van der Waals surface area (Å²) < 4.78 is 10.8. The van der Waals surface area contributed by atoms with Gasteiger partial charge >= 0.3 is 0 Å². The molecule has 1 aromatic carbocycles. The highest BCUT2D eigenvalue weighted by Gasteiger charge is 2.18. The van der Waals surface area contributed by atoms with E-state index in [1.807, 2.05) is 30.3 Å². The van der Waals surface area contributed by atoms with Crippen molar-refractivity contribution in [1.82, 2.24) is 19.9 Å². The number of piperazine rings is 1. The normalized spacial score (nSPS) is 15.2. The van der Waals surface area contributed by atoms with E-state index in [-0.39, 0.29) is 24.8 Å². The first-order valence-electron chi connectivity index (χ1n) is 7.97. The van der Waals surface area contributed by atoms with Crippen LogP contribution in [0.15, 0.2) is 34.9 Å². The molecule has 1 fully saturated rings. The Hall–Kier alpha value is -1.38. The number of para-hydroxylation sites is 1. The molecule has 2 N–H and O–H groups in total. The van der Waals surface area contributed by atoms with Crippen LogP contribution >= 0.6 is 24.8 Å². The number of nitrogens with two attached hydrogens (primary N) is 1. The lowest BCUT2D eigenvalue weighted by Gasteiger charge is -2.33. The summed E-state index contributed by atoms with van der Waals surface area (Å²) in [5, 5.41) is 3.94. The summed E-state index contributed by atoms with van der Waals surface area (Å²) in [7, 11) is 0. The molecule has 1 aliphatic rings. The summed E-state index contributed by atoms with van der Waals surface area (Å²) in [4.78, 5) is 9.00. The summed E-state index contributed by atoms with van der Waals surface area (Å²) in [5.41, 5.74) is 5.47. The Balaban J connectivity index is 0.00000156. The van der Waals surface area contributed by atoms with Gasteiger partial charge in [-0.2, -0.15) is 4.98 Å². The molecule has 2 aromatic rings. The minimum absolute atomic E-state index is 0. The van der Waals surface area contributed by atoms with Crippen LogP contribution in [0.2, 0.25) is 0 Å². The molecule has 1 aliphatic heterocycles. The molecule has 1 saturated heterocycles. The molecule has 0 bridgehead atoms. The Labute approximate surface area is 160 Å². The average Bonchev–Trinajstić information content (AvgIpc) is 3.05. The second kappa shape index (κ2) is 11.3. The van der Waals surface area contributed by atoms with Crippen molar-refractivity contribution in [3.63, 3.8) is 0 Å². The van der Waals surface area contributed by atoms with Gasteiger partial charge in [0, 0.05) is 32.7 Å². The second-order valence-electron chi connectivity index (χ2n) is 5.59. The molecule has 3 rings (SSSR count). The van der Waals surface area contributed by atoms with Crippen molar-refractivity contribution < 1.29 is 9.26 Å². The van der Waals surface area contributed by atoms with E-state index in [1.165, 1.54) is 0 Å². The molecule has 25 heavy (non-hydrogen) atoms. The third-order valence-electron chi connectivity index (χ3n) is 3.93. The fraction of sp³-hybridized carbons (Fsp3) is 0.500. The largest absolute Gasteiger partial charge is 0.492 e. The van der Waals surface area contributed by atoms with E-state index in [2.05, 4.69) is 19.9 Å². The van der Waals surface area contributed by atoms with Gasteiger partial charge in [0.1, 0.15) is 12.4 Å². The van der Waals surface area contributed by atoms with Crippen LogP contribution < -0.4 is 10.5 Å². The van der Waals surface area contributed by atoms with Crippen molar-refractivity contribution in [3.8, 4) is 5.75 Å². The van der Waals surface area contributed by atoms with E-state index < -0.39 is 0 Å². The first-order chi connectivity index (χ1) is 11.3. The molecule has 0 aliphatic carbocycles. The topological polar surface area (TPSA) is 80.7 Å². The minimum atomic E-state index is 0. The van der Waals surface area contributed by atoms with Gasteiger partial charge < -0.3 is 15.0 Å². The number of hydrogen-bond acceptors (Lipinski definition) is 7. The quantitative estimate of drug-likeness (QED) is 0.769. The van der Waals surface area contributed by atoms with E-state index in [9.17, 15) is 0 Å². The van der Waals surface area contributed by atoms with Gasteiger partial charge in [-0.3, -0.25) is 9.80 Å². The first kappa shape index (κ1) is 21.7. The van der Waals surface area contributed by atoms with Gasteiger partial charge in [-0.25, -0.2) is 0 Å².